The number of hydrogen-bond donors (Lipinski definition) is 0. The van der Waals surface area contributed by atoms with E-state index in [4.69, 9.17) is 0 Å². The zero-order chi connectivity index (χ0) is 10.1. The Bertz CT molecular complexity index is 236. The van der Waals surface area contributed by atoms with Gasteiger partial charge in [-0.2, -0.15) is 0 Å². The molecule has 0 aromatic carbocycles. The first-order valence-electron chi connectivity index (χ1n) is 4.27. The Hall–Kier alpha value is -1.18. The van der Waals surface area contributed by atoms with Gasteiger partial charge in [0.2, 0.25) is 0 Å². The van der Waals surface area contributed by atoms with Crippen LogP contribution in [0.1, 0.15) is 26.7 Å². The van der Waals surface area contributed by atoms with Gasteiger partial charge in [0, 0.05) is 6.42 Å². The van der Waals surface area contributed by atoms with Crippen LogP contribution in [-0.4, -0.2) is 5.78 Å². The Morgan fingerprint density at radius 2 is 2.15 bits per heavy atom. The topological polar surface area (TPSA) is 17.1 Å². The molecule has 0 bridgehead atoms. The Labute approximate surface area is 78.6 Å². The van der Waals surface area contributed by atoms with Crippen molar-refractivity contribution in [1.29, 1.82) is 0 Å². The van der Waals surface area contributed by atoms with Crippen molar-refractivity contribution >= 4 is 5.78 Å². The van der Waals surface area contributed by atoms with Crippen LogP contribution in [0.5, 0.6) is 0 Å². The summed E-state index contributed by atoms with van der Waals surface area (Å²) in [6.07, 6.45) is 7.99. The lowest BCUT2D eigenvalue weighted by atomic mass is 10.1. The molecule has 0 aliphatic heterocycles. The third kappa shape index (κ3) is 7.19. The van der Waals surface area contributed by atoms with E-state index in [0.717, 1.165) is 5.57 Å². The Balaban J connectivity index is 3.91. The zero-order valence-electron chi connectivity index (χ0n) is 8.09. The van der Waals surface area contributed by atoms with Gasteiger partial charge in [-0.05, 0) is 26.3 Å². The number of allylic oxidation sites excluding steroid dienone is 5. The minimum Gasteiger partial charge on any atom is -0.295 e. The van der Waals surface area contributed by atoms with Gasteiger partial charge in [0.25, 0.3) is 0 Å². The summed E-state index contributed by atoms with van der Waals surface area (Å²) in [5, 5.41) is 0. The lowest BCUT2D eigenvalue weighted by molar-refractivity contribution is -0.114. The van der Waals surface area contributed by atoms with Gasteiger partial charge in [-0.25, -0.2) is 4.39 Å². The molecule has 0 aliphatic carbocycles. The molecule has 2 heteroatoms. The molecule has 72 valence electrons. The van der Waals surface area contributed by atoms with Gasteiger partial charge in [0.1, 0.15) is 0 Å². The van der Waals surface area contributed by atoms with Gasteiger partial charge in [-0.3, -0.25) is 4.79 Å². The summed E-state index contributed by atoms with van der Waals surface area (Å²) in [6, 6.07) is 0. The molecule has 0 aliphatic rings. The minimum atomic E-state index is 0.0838. The maximum Gasteiger partial charge on any atom is 0.159 e. The maximum absolute atomic E-state index is 11.5. The zero-order valence-corrected chi connectivity index (χ0v) is 8.09. The lowest BCUT2D eigenvalue weighted by Gasteiger charge is -1.95. The minimum absolute atomic E-state index is 0.0838. The van der Waals surface area contributed by atoms with E-state index in [1.807, 2.05) is 19.9 Å². The largest absolute Gasteiger partial charge is 0.295 e. The van der Waals surface area contributed by atoms with Crippen molar-refractivity contribution in [2.75, 3.05) is 0 Å². The van der Waals surface area contributed by atoms with Crippen LogP contribution >= 0.6 is 0 Å². The standard InChI is InChI=1S/C11H15FO/c1-3-6-11(13)9-10(2)7-4-5-8-12/h3,5-8H,4,9H2,1-2H3/b6-3-,8-5?,10-7-. The van der Waals surface area contributed by atoms with Crippen molar-refractivity contribution in [3.05, 3.63) is 36.2 Å². The fourth-order valence-corrected chi connectivity index (χ4v) is 0.912. The highest BCUT2D eigenvalue weighted by molar-refractivity contribution is 5.91. The summed E-state index contributed by atoms with van der Waals surface area (Å²) in [7, 11) is 0. The molecule has 0 saturated heterocycles. The number of carbonyl (C=O) groups excluding carboxylic acids is 1. The van der Waals surface area contributed by atoms with Crippen LogP contribution in [-0.2, 0) is 4.79 Å². The molecule has 13 heavy (non-hydrogen) atoms. The van der Waals surface area contributed by atoms with Crippen molar-refractivity contribution in [3.8, 4) is 0 Å². The highest BCUT2D eigenvalue weighted by atomic mass is 19.1. The van der Waals surface area contributed by atoms with Crippen LogP contribution in [0.25, 0.3) is 0 Å². The van der Waals surface area contributed by atoms with E-state index in [-0.39, 0.29) is 5.78 Å². The number of hydrogen-bond acceptors (Lipinski definition) is 1. The van der Waals surface area contributed by atoms with E-state index in [0.29, 0.717) is 19.2 Å². The second-order valence-corrected chi connectivity index (χ2v) is 2.79. The molecule has 0 fully saturated rings. The Morgan fingerprint density at radius 3 is 2.69 bits per heavy atom. The third-order valence-electron chi connectivity index (χ3n) is 1.50. The van der Waals surface area contributed by atoms with Crippen LogP contribution in [0.3, 0.4) is 0 Å². The molecular formula is C11H15FO. The maximum atomic E-state index is 11.5. The predicted molar refractivity (Wildman–Crippen MR) is 53.1 cm³/mol. The summed E-state index contributed by atoms with van der Waals surface area (Å²) in [5.41, 5.74) is 0.973. The molecule has 0 spiro atoms. The third-order valence-corrected chi connectivity index (χ3v) is 1.50. The van der Waals surface area contributed by atoms with Crippen LogP contribution in [0.4, 0.5) is 4.39 Å². The summed E-state index contributed by atoms with van der Waals surface area (Å²) in [4.78, 5) is 11.1. The second kappa shape index (κ2) is 7.47. The number of rotatable bonds is 5. The quantitative estimate of drug-likeness (QED) is 0.470. The van der Waals surface area contributed by atoms with Crippen molar-refractivity contribution in [2.45, 2.75) is 26.7 Å². The first-order valence-corrected chi connectivity index (χ1v) is 4.27. The molecule has 0 radical (unpaired) electrons. The van der Waals surface area contributed by atoms with Crippen LogP contribution in [0.15, 0.2) is 36.2 Å². The Kier molecular flexibility index (Phi) is 6.79. The number of carbonyl (C=O) groups is 1. The average Bonchev–Trinajstić information content (AvgIpc) is 2.05. The molecule has 0 atom stereocenters. The molecule has 1 nitrogen and oxygen atoms in total. The van der Waals surface area contributed by atoms with E-state index in [2.05, 4.69) is 0 Å². The summed E-state index contributed by atoms with van der Waals surface area (Å²) in [5.74, 6) is 0.0838. The van der Waals surface area contributed by atoms with E-state index >= 15 is 0 Å². The van der Waals surface area contributed by atoms with Crippen molar-refractivity contribution in [1.82, 2.24) is 0 Å². The summed E-state index contributed by atoms with van der Waals surface area (Å²) >= 11 is 0. The van der Waals surface area contributed by atoms with Gasteiger partial charge in [0.05, 0.1) is 6.33 Å². The normalized spacial score (nSPS) is 13.0. The highest BCUT2D eigenvalue weighted by Crippen LogP contribution is 2.03. The second-order valence-electron chi connectivity index (χ2n) is 2.79. The molecule has 0 saturated carbocycles. The van der Waals surface area contributed by atoms with Gasteiger partial charge in [0.15, 0.2) is 5.78 Å². The van der Waals surface area contributed by atoms with Crippen molar-refractivity contribution in [2.24, 2.45) is 0 Å². The molecule has 0 unspecified atom stereocenters. The molecule has 0 aromatic heterocycles. The first kappa shape index (κ1) is 11.8. The number of ketones is 1. The summed E-state index contributed by atoms with van der Waals surface area (Å²) in [6.45, 7) is 3.68. The smallest absolute Gasteiger partial charge is 0.159 e. The van der Waals surface area contributed by atoms with Crippen LogP contribution < -0.4 is 0 Å². The van der Waals surface area contributed by atoms with Gasteiger partial charge >= 0.3 is 0 Å². The molecule has 0 heterocycles. The van der Waals surface area contributed by atoms with Crippen LogP contribution in [0.2, 0.25) is 0 Å². The molecule has 0 rings (SSSR count). The molecule has 0 amide bonds. The fraction of sp³-hybridized carbons (Fsp3) is 0.364. The van der Waals surface area contributed by atoms with Crippen LogP contribution in [0, 0.1) is 0 Å². The Morgan fingerprint density at radius 1 is 1.46 bits per heavy atom. The van der Waals surface area contributed by atoms with Gasteiger partial charge in [-0.15, -0.1) is 0 Å². The van der Waals surface area contributed by atoms with Gasteiger partial charge in [-0.1, -0.05) is 23.8 Å². The number of halogens is 1. The molecule has 0 aromatic rings. The monoisotopic (exact) mass is 182 g/mol. The first-order chi connectivity index (χ1) is 6.20. The lowest BCUT2D eigenvalue weighted by Crippen LogP contribution is -1.92. The average molecular weight is 182 g/mol. The van der Waals surface area contributed by atoms with Gasteiger partial charge < -0.3 is 0 Å². The predicted octanol–water partition coefficient (Wildman–Crippen LogP) is 3.34. The van der Waals surface area contributed by atoms with E-state index in [9.17, 15) is 9.18 Å². The van der Waals surface area contributed by atoms with E-state index in [1.165, 1.54) is 6.08 Å². The van der Waals surface area contributed by atoms with E-state index < -0.39 is 0 Å². The SMILES string of the molecule is C/C=C\C(=O)C/C(C)=C\CC=CF. The van der Waals surface area contributed by atoms with Crippen molar-refractivity contribution in [3.63, 3.8) is 0 Å². The van der Waals surface area contributed by atoms with E-state index in [1.54, 1.807) is 12.2 Å². The molecular weight excluding hydrogens is 167 g/mol. The highest BCUT2D eigenvalue weighted by Gasteiger charge is 1.96. The summed E-state index contributed by atoms with van der Waals surface area (Å²) < 4.78 is 11.5. The van der Waals surface area contributed by atoms with Crippen molar-refractivity contribution < 1.29 is 9.18 Å². The molecule has 0 N–H and O–H groups in total. The fourth-order valence-electron chi connectivity index (χ4n) is 0.912.